The number of hydrogen-bond donors (Lipinski definition) is 0. The van der Waals surface area contributed by atoms with Crippen molar-refractivity contribution in [2.75, 3.05) is 7.11 Å². The summed E-state index contributed by atoms with van der Waals surface area (Å²) in [5.41, 5.74) is -1.17. The quantitative estimate of drug-likeness (QED) is 0.490. The third-order valence-corrected chi connectivity index (χ3v) is 1.33. The molecule has 1 unspecified atom stereocenters. The number of ether oxygens (including phenoxy) is 1. The normalized spacial score (nSPS) is 13.8. The van der Waals surface area contributed by atoms with Gasteiger partial charge in [-0.3, -0.25) is 0 Å². The Bertz CT molecular complexity index is 199. The minimum absolute atomic E-state index is 0.647. The number of rotatable bonds is 3. The van der Waals surface area contributed by atoms with Gasteiger partial charge in [0.2, 0.25) is 0 Å². The molecule has 0 amide bonds. The van der Waals surface area contributed by atoms with Crippen LogP contribution in [0.1, 0.15) is 6.92 Å². The highest BCUT2D eigenvalue weighted by atomic mass is 19.3. The molecular formula is C7H9F3O2. The van der Waals surface area contributed by atoms with Gasteiger partial charge in [-0.2, -0.15) is 8.78 Å². The first-order chi connectivity index (χ1) is 5.34. The van der Waals surface area contributed by atoms with Gasteiger partial charge in [-0.25, -0.2) is 9.18 Å². The molecule has 0 N–H and O–H groups in total. The summed E-state index contributed by atoms with van der Waals surface area (Å²) in [5.74, 6) is -5.16. The number of carbonyl (C=O) groups excluding carboxylic acids is 1. The van der Waals surface area contributed by atoms with E-state index >= 15 is 0 Å². The summed E-state index contributed by atoms with van der Waals surface area (Å²) in [7, 11) is 0.923. The maximum atomic E-state index is 12.6. The van der Waals surface area contributed by atoms with Crippen molar-refractivity contribution < 1.29 is 22.7 Å². The van der Waals surface area contributed by atoms with Crippen molar-refractivity contribution in [1.29, 1.82) is 0 Å². The van der Waals surface area contributed by atoms with Crippen molar-refractivity contribution in [2.45, 2.75) is 19.0 Å². The van der Waals surface area contributed by atoms with Crippen molar-refractivity contribution in [3.05, 3.63) is 12.2 Å². The molecule has 70 valence electrons. The predicted octanol–water partition coefficient (Wildman–Crippen LogP) is 1.71. The van der Waals surface area contributed by atoms with E-state index in [1.54, 1.807) is 0 Å². The molecule has 12 heavy (non-hydrogen) atoms. The summed E-state index contributed by atoms with van der Waals surface area (Å²) < 4.78 is 41.4. The lowest BCUT2D eigenvalue weighted by atomic mass is 10.1. The molecule has 0 aromatic rings. The van der Waals surface area contributed by atoms with Crippen molar-refractivity contribution >= 4 is 5.97 Å². The minimum Gasteiger partial charge on any atom is -0.466 e. The highest BCUT2D eigenvalue weighted by molar-refractivity contribution is 5.89. The molecule has 0 aliphatic heterocycles. The minimum atomic E-state index is -3.85. The number of carbonyl (C=O) groups is 1. The monoisotopic (exact) mass is 182 g/mol. The van der Waals surface area contributed by atoms with Gasteiger partial charge in [-0.1, -0.05) is 6.58 Å². The van der Waals surface area contributed by atoms with E-state index in [2.05, 4.69) is 11.3 Å². The molecule has 0 aromatic heterocycles. The first kappa shape index (κ1) is 11.0. The standard InChI is InChI=1S/C7H9F3O2/c1-4(6(11)12-3)7(9,10)5(2)8/h5H,1H2,2-3H3. The molecule has 0 aliphatic rings. The van der Waals surface area contributed by atoms with Gasteiger partial charge < -0.3 is 4.74 Å². The van der Waals surface area contributed by atoms with Crippen LogP contribution in [0.5, 0.6) is 0 Å². The molecule has 0 heterocycles. The Labute approximate surface area is 68.0 Å². The van der Waals surface area contributed by atoms with Gasteiger partial charge in [0.15, 0.2) is 6.17 Å². The van der Waals surface area contributed by atoms with Crippen LogP contribution in [-0.2, 0) is 9.53 Å². The summed E-state index contributed by atoms with van der Waals surface area (Å²) in [6, 6.07) is 0. The van der Waals surface area contributed by atoms with E-state index in [4.69, 9.17) is 0 Å². The van der Waals surface area contributed by atoms with Crippen molar-refractivity contribution in [1.82, 2.24) is 0 Å². The second-order valence-electron chi connectivity index (χ2n) is 2.21. The second-order valence-corrected chi connectivity index (χ2v) is 2.21. The molecule has 0 aliphatic carbocycles. The number of methoxy groups -OCH3 is 1. The summed E-state index contributed by atoms with van der Waals surface area (Å²) in [6.45, 7) is 3.40. The van der Waals surface area contributed by atoms with Crippen molar-refractivity contribution in [3.8, 4) is 0 Å². The summed E-state index contributed by atoms with van der Waals surface area (Å²) >= 11 is 0. The Kier molecular flexibility index (Phi) is 3.30. The van der Waals surface area contributed by atoms with Crippen LogP contribution < -0.4 is 0 Å². The Hall–Kier alpha value is -1.00. The second kappa shape index (κ2) is 3.60. The maximum Gasteiger partial charge on any atom is 0.339 e. The Morgan fingerprint density at radius 3 is 2.25 bits per heavy atom. The smallest absolute Gasteiger partial charge is 0.339 e. The lowest BCUT2D eigenvalue weighted by Crippen LogP contribution is -2.33. The number of esters is 1. The number of halogens is 3. The summed E-state index contributed by atoms with van der Waals surface area (Å²) in [6.07, 6.45) is -2.45. The molecule has 0 fully saturated rings. The molecule has 5 heteroatoms. The molecule has 0 rings (SSSR count). The lowest BCUT2D eigenvalue weighted by molar-refractivity contribution is -0.141. The van der Waals surface area contributed by atoms with Gasteiger partial charge in [-0.05, 0) is 6.92 Å². The molecular weight excluding hydrogens is 173 g/mol. The number of hydrogen-bond acceptors (Lipinski definition) is 2. The van der Waals surface area contributed by atoms with E-state index in [1.165, 1.54) is 0 Å². The third kappa shape index (κ3) is 1.99. The predicted molar refractivity (Wildman–Crippen MR) is 36.7 cm³/mol. The van der Waals surface area contributed by atoms with Crippen LogP contribution in [0.25, 0.3) is 0 Å². The van der Waals surface area contributed by atoms with Crippen LogP contribution in [0.4, 0.5) is 13.2 Å². The molecule has 0 spiro atoms. The van der Waals surface area contributed by atoms with E-state index < -0.39 is 23.6 Å². The van der Waals surface area contributed by atoms with E-state index in [0.29, 0.717) is 6.92 Å². The molecule has 0 bridgehead atoms. The fourth-order valence-corrected chi connectivity index (χ4v) is 0.499. The van der Waals surface area contributed by atoms with Crippen LogP contribution >= 0.6 is 0 Å². The maximum absolute atomic E-state index is 12.6. The molecule has 2 nitrogen and oxygen atoms in total. The van der Waals surface area contributed by atoms with E-state index in [9.17, 15) is 18.0 Å². The average Bonchev–Trinajstić information content (AvgIpc) is 2.01. The third-order valence-electron chi connectivity index (χ3n) is 1.33. The van der Waals surface area contributed by atoms with E-state index in [0.717, 1.165) is 7.11 Å². The first-order valence-electron chi connectivity index (χ1n) is 3.13. The highest BCUT2D eigenvalue weighted by Crippen LogP contribution is 2.29. The molecule has 0 aromatic carbocycles. The van der Waals surface area contributed by atoms with Crippen LogP contribution in [0, 0.1) is 0 Å². The Morgan fingerprint density at radius 1 is 1.58 bits per heavy atom. The molecule has 0 saturated heterocycles. The van der Waals surface area contributed by atoms with Gasteiger partial charge in [0.1, 0.15) is 5.57 Å². The van der Waals surface area contributed by atoms with Crippen LogP contribution in [-0.4, -0.2) is 25.2 Å². The van der Waals surface area contributed by atoms with Gasteiger partial charge in [0.25, 0.3) is 0 Å². The number of alkyl halides is 3. The van der Waals surface area contributed by atoms with Gasteiger partial charge >= 0.3 is 11.9 Å². The highest BCUT2D eigenvalue weighted by Gasteiger charge is 2.43. The molecule has 1 atom stereocenters. The van der Waals surface area contributed by atoms with E-state index in [-0.39, 0.29) is 0 Å². The van der Waals surface area contributed by atoms with Crippen LogP contribution in [0.2, 0.25) is 0 Å². The van der Waals surface area contributed by atoms with Gasteiger partial charge in [0.05, 0.1) is 7.11 Å². The largest absolute Gasteiger partial charge is 0.466 e. The Balaban J connectivity index is 4.57. The molecule has 0 radical (unpaired) electrons. The zero-order chi connectivity index (χ0) is 9.94. The molecule has 0 saturated carbocycles. The topological polar surface area (TPSA) is 26.3 Å². The zero-order valence-electron chi connectivity index (χ0n) is 6.73. The van der Waals surface area contributed by atoms with Gasteiger partial charge in [-0.15, -0.1) is 0 Å². The Morgan fingerprint density at radius 2 is 2.00 bits per heavy atom. The summed E-state index contributed by atoms with van der Waals surface area (Å²) in [4.78, 5) is 10.5. The SMILES string of the molecule is C=C(C(=O)OC)C(F)(F)C(C)F. The van der Waals surface area contributed by atoms with Gasteiger partial charge in [0, 0.05) is 0 Å². The fraction of sp³-hybridized carbons (Fsp3) is 0.571. The van der Waals surface area contributed by atoms with Crippen LogP contribution in [0.15, 0.2) is 12.2 Å². The zero-order valence-corrected chi connectivity index (χ0v) is 6.73. The van der Waals surface area contributed by atoms with Crippen molar-refractivity contribution in [2.24, 2.45) is 0 Å². The van der Waals surface area contributed by atoms with E-state index in [1.807, 2.05) is 0 Å². The van der Waals surface area contributed by atoms with Crippen LogP contribution in [0.3, 0.4) is 0 Å². The lowest BCUT2D eigenvalue weighted by Gasteiger charge is -2.17. The van der Waals surface area contributed by atoms with Crippen molar-refractivity contribution in [3.63, 3.8) is 0 Å². The first-order valence-corrected chi connectivity index (χ1v) is 3.13. The average molecular weight is 182 g/mol. The summed E-state index contributed by atoms with van der Waals surface area (Å²) in [5, 5.41) is 0. The fourth-order valence-electron chi connectivity index (χ4n) is 0.499.